The van der Waals surface area contributed by atoms with E-state index in [0.29, 0.717) is 12.6 Å². The van der Waals surface area contributed by atoms with Crippen LogP contribution in [0.3, 0.4) is 0 Å². The van der Waals surface area contributed by atoms with E-state index in [1.807, 2.05) is 18.2 Å². The SMILES string of the molecule is CCC(CC)N(CCO)c1nc2ccccc2cc1C. The highest BCUT2D eigenvalue weighted by Crippen LogP contribution is 2.25. The largest absolute Gasteiger partial charge is 0.395 e. The van der Waals surface area contributed by atoms with Crippen LogP contribution in [0.2, 0.25) is 0 Å². The maximum absolute atomic E-state index is 9.37. The lowest BCUT2D eigenvalue weighted by Gasteiger charge is -2.32. The van der Waals surface area contributed by atoms with E-state index in [1.54, 1.807) is 0 Å². The number of aryl methyl sites for hydroxylation is 1. The molecule has 1 N–H and O–H groups in total. The lowest BCUT2D eigenvalue weighted by Crippen LogP contribution is -2.37. The first-order valence-electron chi connectivity index (χ1n) is 7.45. The van der Waals surface area contributed by atoms with Crippen LogP contribution in [0.4, 0.5) is 5.82 Å². The fourth-order valence-corrected chi connectivity index (χ4v) is 2.80. The fourth-order valence-electron chi connectivity index (χ4n) is 2.80. The Kier molecular flexibility index (Phi) is 4.96. The number of aromatic nitrogens is 1. The average Bonchev–Trinajstić information content (AvgIpc) is 2.47. The van der Waals surface area contributed by atoms with Crippen LogP contribution in [-0.2, 0) is 0 Å². The van der Waals surface area contributed by atoms with Crippen molar-refractivity contribution in [3.05, 3.63) is 35.9 Å². The maximum Gasteiger partial charge on any atom is 0.132 e. The molecule has 0 fully saturated rings. The molecule has 0 amide bonds. The molecule has 3 heteroatoms. The van der Waals surface area contributed by atoms with Crippen molar-refractivity contribution in [1.29, 1.82) is 0 Å². The van der Waals surface area contributed by atoms with Gasteiger partial charge in [0.25, 0.3) is 0 Å². The molecule has 0 aliphatic heterocycles. The lowest BCUT2D eigenvalue weighted by atomic mass is 10.1. The number of hydrogen-bond acceptors (Lipinski definition) is 3. The summed E-state index contributed by atoms with van der Waals surface area (Å²) in [6.45, 7) is 7.27. The van der Waals surface area contributed by atoms with Crippen molar-refractivity contribution in [2.45, 2.75) is 39.7 Å². The number of anilines is 1. The summed E-state index contributed by atoms with van der Waals surface area (Å²) in [5, 5.41) is 10.5. The molecule has 0 bridgehead atoms. The molecule has 2 rings (SSSR count). The van der Waals surface area contributed by atoms with E-state index in [-0.39, 0.29) is 6.61 Å². The van der Waals surface area contributed by atoms with Crippen molar-refractivity contribution >= 4 is 16.7 Å². The molecule has 2 aromatic rings. The molecule has 3 nitrogen and oxygen atoms in total. The van der Waals surface area contributed by atoms with Crippen molar-refractivity contribution in [1.82, 2.24) is 4.98 Å². The van der Waals surface area contributed by atoms with Gasteiger partial charge in [-0.15, -0.1) is 0 Å². The normalized spacial score (nSPS) is 11.2. The molecule has 0 atom stereocenters. The minimum absolute atomic E-state index is 0.157. The van der Waals surface area contributed by atoms with Crippen LogP contribution in [0.1, 0.15) is 32.3 Å². The quantitative estimate of drug-likeness (QED) is 0.874. The monoisotopic (exact) mass is 272 g/mol. The predicted octanol–water partition coefficient (Wildman–Crippen LogP) is 3.53. The number of fused-ring (bicyclic) bond motifs is 1. The van der Waals surface area contributed by atoms with Gasteiger partial charge in [0.2, 0.25) is 0 Å². The van der Waals surface area contributed by atoms with Gasteiger partial charge < -0.3 is 10.0 Å². The molecule has 0 radical (unpaired) electrons. The highest BCUT2D eigenvalue weighted by atomic mass is 16.3. The summed E-state index contributed by atoms with van der Waals surface area (Å²) in [7, 11) is 0. The first-order valence-corrected chi connectivity index (χ1v) is 7.45. The van der Waals surface area contributed by atoms with Gasteiger partial charge in [-0.25, -0.2) is 4.98 Å². The van der Waals surface area contributed by atoms with Gasteiger partial charge in [-0.1, -0.05) is 32.0 Å². The van der Waals surface area contributed by atoms with E-state index in [1.165, 1.54) is 10.9 Å². The summed E-state index contributed by atoms with van der Waals surface area (Å²) < 4.78 is 0. The molecule has 20 heavy (non-hydrogen) atoms. The zero-order chi connectivity index (χ0) is 14.5. The topological polar surface area (TPSA) is 36.4 Å². The maximum atomic E-state index is 9.37. The molecule has 1 heterocycles. The van der Waals surface area contributed by atoms with E-state index < -0.39 is 0 Å². The molecule has 108 valence electrons. The van der Waals surface area contributed by atoms with Gasteiger partial charge in [0.1, 0.15) is 5.82 Å². The Morgan fingerprint density at radius 3 is 2.55 bits per heavy atom. The molecule has 1 aromatic carbocycles. The number of benzene rings is 1. The van der Waals surface area contributed by atoms with E-state index in [2.05, 4.69) is 37.8 Å². The fraction of sp³-hybridized carbons (Fsp3) is 0.471. The van der Waals surface area contributed by atoms with Gasteiger partial charge in [0.05, 0.1) is 12.1 Å². The Hall–Kier alpha value is -1.61. The van der Waals surface area contributed by atoms with Crippen LogP contribution >= 0.6 is 0 Å². The highest BCUT2D eigenvalue weighted by Gasteiger charge is 2.18. The summed E-state index contributed by atoms with van der Waals surface area (Å²) in [5.41, 5.74) is 2.19. The summed E-state index contributed by atoms with van der Waals surface area (Å²) in [4.78, 5) is 7.08. The number of pyridine rings is 1. The number of aliphatic hydroxyl groups excluding tert-OH is 1. The van der Waals surface area contributed by atoms with Gasteiger partial charge in [-0.2, -0.15) is 0 Å². The third kappa shape index (κ3) is 2.93. The Labute approximate surface area is 121 Å². The van der Waals surface area contributed by atoms with Gasteiger partial charge in [0.15, 0.2) is 0 Å². The minimum Gasteiger partial charge on any atom is -0.395 e. The van der Waals surface area contributed by atoms with Gasteiger partial charge in [-0.3, -0.25) is 0 Å². The van der Waals surface area contributed by atoms with Crippen molar-refractivity contribution < 1.29 is 5.11 Å². The van der Waals surface area contributed by atoms with Gasteiger partial charge in [-0.05, 0) is 37.5 Å². The van der Waals surface area contributed by atoms with Gasteiger partial charge in [0, 0.05) is 18.0 Å². The van der Waals surface area contributed by atoms with Gasteiger partial charge >= 0.3 is 0 Å². The van der Waals surface area contributed by atoms with Crippen LogP contribution in [0.15, 0.2) is 30.3 Å². The number of hydrogen-bond donors (Lipinski definition) is 1. The molecule has 0 aliphatic rings. The molecule has 0 aliphatic carbocycles. The van der Waals surface area contributed by atoms with Crippen molar-refractivity contribution in [2.75, 3.05) is 18.1 Å². The second-order valence-corrected chi connectivity index (χ2v) is 5.21. The number of aliphatic hydroxyl groups is 1. The molecule has 0 saturated heterocycles. The summed E-state index contributed by atoms with van der Waals surface area (Å²) in [5.74, 6) is 1.01. The van der Waals surface area contributed by atoms with Crippen LogP contribution in [-0.4, -0.2) is 29.3 Å². The minimum atomic E-state index is 0.157. The van der Waals surface area contributed by atoms with Crippen LogP contribution in [0.25, 0.3) is 10.9 Å². The Balaban J connectivity index is 2.49. The molecule has 0 spiro atoms. The Bertz CT molecular complexity index is 564. The number of nitrogens with zero attached hydrogens (tertiary/aromatic N) is 2. The van der Waals surface area contributed by atoms with E-state index >= 15 is 0 Å². The zero-order valence-electron chi connectivity index (χ0n) is 12.6. The summed E-state index contributed by atoms with van der Waals surface area (Å²) in [6, 6.07) is 10.8. The van der Waals surface area contributed by atoms with E-state index in [0.717, 1.165) is 24.2 Å². The lowest BCUT2D eigenvalue weighted by molar-refractivity contribution is 0.295. The molecule has 0 unspecified atom stereocenters. The van der Waals surface area contributed by atoms with E-state index in [9.17, 15) is 5.11 Å². The van der Waals surface area contributed by atoms with E-state index in [4.69, 9.17) is 4.98 Å². The standard InChI is InChI=1S/C17H24N2O/c1-4-15(5-2)19(10-11-20)17-13(3)12-14-8-6-7-9-16(14)18-17/h6-9,12,15,20H,4-5,10-11H2,1-3H3. The summed E-state index contributed by atoms with van der Waals surface area (Å²) >= 11 is 0. The summed E-state index contributed by atoms with van der Waals surface area (Å²) in [6.07, 6.45) is 2.12. The third-order valence-electron chi connectivity index (χ3n) is 3.88. The van der Waals surface area contributed by atoms with Crippen molar-refractivity contribution in [3.8, 4) is 0 Å². The Morgan fingerprint density at radius 2 is 1.90 bits per heavy atom. The smallest absolute Gasteiger partial charge is 0.132 e. The number of para-hydroxylation sites is 1. The van der Waals surface area contributed by atoms with Crippen LogP contribution in [0.5, 0.6) is 0 Å². The molecule has 1 aromatic heterocycles. The first-order chi connectivity index (χ1) is 9.71. The Morgan fingerprint density at radius 1 is 1.20 bits per heavy atom. The van der Waals surface area contributed by atoms with Crippen LogP contribution < -0.4 is 4.90 Å². The average molecular weight is 272 g/mol. The highest BCUT2D eigenvalue weighted by molar-refractivity contribution is 5.81. The zero-order valence-corrected chi connectivity index (χ0v) is 12.6. The number of rotatable bonds is 6. The molecular weight excluding hydrogens is 248 g/mol. The second kappa shape index (κ2) is 6.71. The third-order valence-corrected chi connectivity index (χ3v) is 3.88. The second-order valence-electron chi connectivity index (χ2n) is 5.21. The first kappa shape index (κ1) is 14.8. The van der Waals surface area contributed by atoms with Crippen LogP contribution in [0, 0.1) is 6.92 Å². The predicted molar refractivity (Wildman–Crippen MR) is 85.3 cm³/mol. The van der Waals surface area contributed by atoms with Crippen molar-refractivity contribution in [3.63, 3.8) is 0 Å². The van der Waals surface area contributed by atoms with Crippen molar-refractivity contribution in [2.24, 2.45) is 0 Å². The molecular formula is C17H24N2O. The molecule has 0 saturated carbocycles.